The highest BCUT2D eigenvalue weighted by atomic mass is 16.5. The van der Waals surface area contributed by atoms with E-state index in [0.29, 0.717) is 18.4 Å². The van der Waals surface area contributed by atoms with Gasteiger partial charge >= 0.3 is 0 Å². The summed E-state index contributed by atoms with van der Waals surface area (Å²) in [5.41, 5.74) is 5.38. The van der Waals surface area contributed by atoms with Gasteiger partial charge in [0.1, 0.15) is 0 Å². The van der Waals surface area contributed by atoms with Crippen LogP contribution in [0.4, 0.5) is 0 Å². The van der Waals surface area contributed by atoms with Crippen molar-refractivity contribution < 1.29 is 9.84 Å². The van der Waals surface area contributed by atoms with Crippen LogP contribution in [0.1, 0.15) is 47.5 Å². The van der Waals surface area contributed by atoms with Gasteiger partial charge in [-0.25, -0.2) is 0 Å². The summed E-state index contributed by atoms with van der Waals surface area (Å²) in [6.45, 7) is 11.6. The molecule has 0 aliphatic heterocycles. The van der Waals surface area contributed by atoms with E-state index in [1.54, 1.807) is 0 Å². The highest BCUT2D eigenvalue weighted by molar-refractivity contribution is 4.74. The Morgan fingerprint density at radius 1 is 1.20 bits per heavy atom. The second kappa shape index (κ2) is 5.83. The molecule has 0 aliphatic rings. The number of hydrogen-bond acceptors (Lipinski definition) is 3. The lowest BCUT2D eigenvalue weighted by Gasteiger charge is -2.29. The van der Waals surface area contributed by atoms with Crippen molar-refractivity contribution in [1.82, 2.24) is 0 Å². The SMILES string of the molecule is CC(C)(C)CCOC(C)(C)CC(O)CN. The minimum absolute atomic E-state index is 0.288. The lowest BCUT2D eigenvalue weighted by molar-refractivity contribution is -0.0548. The fraction of sp³-hybridized carbons (Fsp3) is 1.00. The molecule has 0 bridgehead atoms. The van der Waals surface area contributed by atoms with Gasteiger partial charge in [-0.3, -0.25) is 0 Å². The van der Waals surface area contributed by atoms with Gasteiger partial charge < -0.3 is 15.6 Å². The third-order valence-electron chi connectivity index (χ3n) is 2.34. The lowest BCUT2D eigenvalue weighted by Crippen LogP contribution is -2.34. The summed E-state index contributed by atoms with van der Waals surface area (Å²) < 4.78 is 5.76. The normalized spacial score (nSPS) is 15.4. The lowest BCUT2D eigenvalue weighted by atomic mass is 9.92. The molecule has 0 amide bonds. The van der Waals surface area contributed by atoms with Gasteiger partial charge in [0.05, 0.1) is 11.7 Å². The van der Waals surface area contributed by atoms with Crippen LogP contribution in [-0.4, -0.2) is 30.0 Å². The first-order valence-electron chi connectivity index (χ1n) is 5.68. The molecule has 1 unspecified atom stereocenters. The van der Waals surface area contributed by atoms with Crippen molar-refractivity contribution in [2.24, 2.45) is 11.1 Å². The van der Waals surface area contributed by atoms with Gasteiger partial charge in [-0.05, 0) is 25.7 Å². The Kier molecular flexibility index (Phi) is 5.78. The molecule has 0 rings (SSSR count). The van der Waals surface area contributed by atoms with Crippen molar-refractivity contribution in [3.05, 3.63) is 0 Å². The van der Waals surface area contributed by atoms with E-state index in [9.17, 15) is 5.11 Å². The molecule has 0 fully saturated rings. The maximum Gasteiger partial charge on any atom is 0.0689 e. The quantitative estimate of drug-likeness (QED) is 0.715. The number of hydrogen-bond donors (Lipinski definition) is 2. The van der Waals surface area contributed by atoms with Crippen LogP contribution in [0.15, 0.2) is 0 Å². The van der Waals surface area contributed by atoms with E-state index in [2.05, 4.69) is 20.8 Å². The molecule has 0 aromatic carbocycles. The second-order valence-electron chi connectivity index (χ2n) is 6.01. The Morgan fingerprint density at radius 3 is 2.13 bits per heavy atom. The molecule has 15 heavy (non-hydrogen) atoms. The zero-order valence-electron chi connectivity index (χ0n) is 10.8. The third kappa shape index (κ3) is 8.85. The molecule has 0 saturated carbocycles. The van der Waals surface area contributed by atoms with E-state index in [1.807, 2.05) is 13.8 Å². The largest absolute Gasteiger partial charge is 0.392 e. The molecular formula is C12H27NO2. The Labute approximate surface area is 94.0 Å². The first-order valence-corrected chi connectivity index (χ1v) is 5.68. The van der Waals surface area contributed by atoms with E-state index in [-0.39, 0.29) is 5.60 Å². The second-order valence-corrected chi connectivity index (χ2v) is 6.01. The van der Waals surface area contributed by atoms with Crippen molar-refractivity contribution in [2.45, 2.75) is 59.2 Å². The molecule has 3 nitrogen and oxygen atoms in total. The smallest absolute Gasteiger partial charge is 0.0689 e. The van der Waals surface area contributed by atoms with Gasteiger partial charge in [-0.15, -0.1) is 0 Å². The molecule has 0 aromatic rings. The predicted molar refractivity (Wildman–Crippen MR) is 63.8 cm³/mol. The van der Waals surface area contributed by atoms with Crippen molar-refractivity contribution in [3.63, 3.8) is 0 Å². The molecule has 3 N–H and O–H groups in total. The molecular weight excluding hydrogens is 190 g/mol. The molecule has 0 aliphatic carbocycles. The fourth-order valence-corrected chi connectivity index (χ4v) is 1.34. The Bertz CT molecular complexity index is 173. The van der Waals surface area contributed by atoms with Crippen LogP contribution >= 0.6 is 0 Å². The zero-order chi connectivity index (χ0) is 12.1. The molecule has 0 radical (unpaired) electrons. The highest BCUT2D eigenvalue weighted by Gasteiger charge is 2.23. The average molecular weight is 217 g/mol. The minimum Gasteiger partial charge on any atom is -0.392 e. The van der Waals surface area contributed by atoms with Crippen molar-refractivity contribution >= 4 is 0 Å². The molecule has 0 spiro atoms. The van der Waals surface area contributed by atoms with Crippen LogP contribution in [-0.2, 0) is 4.74 Å². The maximum absolute atomic E-state index is 9.45. The predicted octanol–water partition coefficient (Wildman–Crippen LogP) is 1.93. The highest BCUT2D eigenvalue weighted by Crippen LogP contribution is 2.22. The summed E-state index contributed by atoms with van der Waals surface area (Å²) in [5, 5.41) is 9.45. The molecule has 1 atom stereocenters. The van der Waals surface area contributed by atoms with E-state index < -0.39 is 6.10 Å². The first kappa shape index (κ1) is 14.9. The third-order valence-corrected chi connectivity index (χ3v) is 2.34. The van der Waals surface area contributed by atoms with Crippen LogP contribution < -0.4 is 5.73 Å². The molecule has 92 valence electrons. The number of aliphatic hydroxyl groups is 1. The van der Waals surface area contributed by atoms with E-state index in [4.69, 9.17) is 10.5 Å². The van der Waals surface area contributed by atoms with Crippen LogP contribution in [0.3, 0.4) is 0 Å². The standard InChI is InChI=1S/C12H27NO2/c1-11(2,3)6-7-15-12(4,5)8-10(14)9-13/h10,14H,6-9,13H2,1-5H3. The molecule has 0 heterocycles. The Balaban J connectivity index is 3.84. The van der Waals surface area contributed by atoms with Gasteiger partial charge in [0.2, 0.25) is 0 Å². The van der Waals surface area contributed by atoms with Gasteiger partial charge in [-0.1, -0.05) is 20.8 Å². The zero-order valence-corrected chi connectivity index (χ0v) is 10.8. The maximum atomic E-state index is 9.45. The Morgan fingerprint density at radius 2 is 1.73 bits per heavy atom. The van der Waals surface area contributed by atoms with Crippen molar-refractivity contribution in [3.8, 4) is 0 Å². The minimum atomic E-state index is -0.463. The van der Waals surface area contributed by atoms with Gasteiger partial charge in [0, 0.05) is 19.6 Å². The topological polar surface area (TPSA) is 55.5 Å². The van der Waals surface area contributed by atoms with Gasteiger partial charge in [-0.2, -0.15) is 0 Å². The summed E-state index contributed by atoms with van der Waals surface area (Å²) in [7, 11) is 0. The fourth-order valence-electron chi connectivity index (χ4n) is 1.34. The Hall–Kier alpha value is -0.120. The van der Waals surface area contributed by atoms with Crippen molar-refractivity contribution in [1.29, 1.82) is 0 Å². The van der Waals surface area contributed by atoms with Gasteiger partial charge in [0.15, 0.2) is 0 Å². The molecule has 0 aromatic heterocycles. The van der Waals surface area contributed by atoms with Crippen LogP contribution in [0.2, 0.25) is 0 Å². The molecule has 0 saturated heterocycles. The van der Waals surface area contributed by atoms with Crippen LogP contribution in [0, 0.1) is 5.41 Å². The van der Waals surface area contributed by atoms with Gasteiger partial charge in [0.25, 0.3) is 0 Å². The van der Waals surface area contributed by atoms with E-state index in [1.165, 1.54) is 0 Å². The number of nitrogens with two attached hydrogens (primary N) is 1. The summed E-state index contributed by atoms with van der Waals surface area (Å²) in [6.07, 6.45) is 1.15. The van der Waals surface area contributed by atoms with Crippen molar-refractivity contribution in [2.75, 3.05) is 13.2 Å². The summed E-state index contributed by atoms with van der Waals surface area (Å²) in [4.78, 5) is 0. The monoisotopic (exact) mass is 217 g/mol. The van der Waals surface area contributed by atoms with E-state index in [0.717, 1.165) is 13.0 Å². The molecule has 3 heteroatoms. The average Bonchev–Trinajstić information content (AvgIpc) is 2.00. The summed E-state index contributed by atoms with van der Waals surface area (Å²) >= 11 is 0. The van der Waals surface area contributed by atoms with Crippen LogP contribution in [0.5, 0.6) is 0 Å². The first-order chi connectivity index (χ1) is 6.66. The number of rotatable bonds is 6. The van der Waals surface area contributed by atoms with E-state index >= 15 is 0 Å². The van der Waals surface area contributed by atoms with Crippen LogP contribution in [0.25, 0.3) is 0 Å². The number of aliphatic hydroxyl groups excluding tert-OH is 1. The summed E-state index contributed by atoms with van der Waals surface area (Å²) in [6, 6.07) is 0. The number of ether oxygens (including phenoxy) is 1. The summed E-state index contributed by atoms with van der Waals surface area (Å²) in [5.74, 6) is 0.